The van der Waals surface area contributed by atoms with Gasteiger partial charge in [-0.3, -0.25) is 0 Å². The molecule has 1 heterocycles. The fraction of sp³-hybridized carbons (Fsp3) is 0.0588. The standard InChI is InChI=1S/C51H34O/c1-51(2)47-29-34(19-22-42(47)43-23-20-35(30-48(43)51)33-21-24-50-46(27-33)44-13-7-8-14-49(44)52-50)32-17-15-31-16-18-37(26-38(31)25-32)45-28-36-9-3-4-10-39(36)40-11-5-6-12-41(40)45/h3-30H,1-2H3. The van der Waals surface area contributed by atoms with Gasteiger partial charge in [0.1, 0.15) is 11.2 Å². The zero-order chi connectivity index (χ0) is 34.6. The maximum Gasteiger partial charge on any atom is 0.135 e. The zero-order valence-electron chi connectivity index (χ0n) is 29.1. The van der Waals surface area contributed by atoms with Gasteiger partial charge in [-0.25, -0.2) is 0 Å². The Labute approximate surface area is 302 Å². The molecule has 0 unspecified atom stereocenters. The highest BCUT2D eigenvalue weighted by Crippen LogP contribution is 2.51. The Kier molecular flexibility index (Phi) is 6.08. The van der Waals surface area contributed by atoms with E-state index in [-0.39, 0.29) is 5.41 Å². The summed E-state index contributed by atoms with van der Waals surface area (Å²) in [7, 11) is 0. The monoisotopic (exact) mass is 662 g/mol. The molecule has 0 spiro atoms. The number of hydrogen-bond acceptors (Lipinski definition) is 1. The van der Waals surface area contributed by atoms with Gasteiger partial charge in [0.2, 0.25) is 0 Å². The van der Waals surface area contributed by atoms with Crippen LogP contribution >= 0.6 is 0 Å². The van der Waals surface area contributed by atoms with Crippen molar-refractivity contribution in [3.8, 4) is 44.5 Å². The van der Waals surface area contributed by atoms with E-state index in [0.717, 1.165) is 21.9 Å². The summed E-state index contributed by atoms with van der Waals surface area (Å²) in [5, 5.41) is 9.98. The molecule has 0 N–H and O–H groups in total. The van der Waals surface area contributed by atoms with Crippen LogP contribution in [0.2, 0.25) is 0 Å². The van der Waals surface area contributed by atoms with Crippen LogP contribution in [0.5, 0.6) is 0 Å². The fourth-order valence-corrected chi connectivity index (χ4v) is 8.89. The number of benzene rings is 9. The second-order valence-electron chi connectivity index (χ2n) is 14.9. The molecule has 9 aromatic carbocycles. The Balaban J connectivity index is 0.976. The average Bonchev–Trinajstić information content (AvgIpc) is 3.68. The minimum absolute atomic E-state index is 0.135. The second kappa shape index (κ2) is 10.8. The van der Waals surface area contributed by atoms with E-state index >= 15 is 0 Å². The average molecular weight is 663 g/mol. The SMILES string of the molecule is CC1(C)c2cc(-c3ccc4ccc(-c5cc6ccccc6c6ccccc56)cc4c3)ccc2-c2ccc(-c3ccc4oc5ccccc5c4c3)cc21. The van der Waals surface area contributed by atoms with Crippen LogP contribution in [0, 0.1) is 0 Å². The van der Waals surface area contributed by atoms with Crippen molar-refractivity contribution in [3.63, 3.8) is 0 Å². The van der Waals surface area contributed by atoms with Crippen LogP contribution in [0.3, 0.4) is 0 Å². The van der Waals surface area contributed by atoms with Gasteiger partial charge in [0.15, 0.2) is 0 Å². The van der Waals surface area contributed by atoms with Crippen LogP contribution < -0.4 is 0 Å². The maximum absolute atomic E-state index is 6.12. The normalized spacial score (nSPS) is 13.3. The number of rotatable bonds is 3. The van der Waals surface area contributed by atoms with Gasteiger partial charge in [0.25, 0.3) is 0 Å². The summed E-state index contributed by atoms with van der Waals surface area (Å²) in [5.41, 5.74) is 14.6. The second-order valence-corrected chi connectivity index (χ2v) is 14.9. The minimum Gasteiger partial charge on any atom is -0.456 e. The molecular weight excluding hydrogens is 629 g/mol. The first-order chi connectivity index (χ1) is 25.5. The molecule has 1 aliphatic carbocycles. The van der Waals surface area contributed by atoms with Crippen molar-refractivity contribution in [2.24, 2.45) is 0 Å². The van der Waals surface area contributed by atoms with E-state index in [0.29, 0.717) is 0 Å². The van der Waals surface area contributed by atoms with Crippen LogP contribution in [0.4, 0.5) is 0 Å². The molecule has 0 bridgehead atoms. The molecule has 0 atom stereocenters. The van der Waals surface area contributed by atoms with Crippen LogP contribution in [0.1, 0.15) is 25.0 Å². The van der Waals surface area contributed by atoms with Crippen LogP contribution in [0.15, 0.2) is 174 Å². The lowest BCUT2D eigenvalue weighted by atomic mass is 9.80. The molecule has 0 fully saturated rings. The molecule has 0 radical (unpaired) electrons. The van der Waals surface area contributed by atoms with Crippen molar-refractivity contribution in [1.29, 1.82) is 0 Å². The molecule has 52 heavy (non-hydrogen) atoms. The van der Waals surface area contributed by atoms with Gasteiger partial charge in [-0.2, -0.15) is 0 Å². The lowest BCUT2D eigenvalue weighted by molar-refractivity contribution is 0.661. The lowest BCUT2D eigenvalue weighted by Gasteiger charge is -2.22. The molecule has 0 saturated heterocycles. The number of hydrogen-bond donors (Lipinski definition) is 0. The lowest BCUT2D eigenvalue weighted by Crippen LogP contribution is -2.15. The van der Waals surface area contributed by atoms with E-state index in [1.54, 1.807) is 0 Å². The third-order valence-corrected chi connectivity index (χ3v) is 11.6. The van der Waals surface area contributed by atoms with E-state index < -0.39 is 0 Å². The summed E-state index contributed by atoms with van der Waals surface area (Å²) in [4.78, 5) is 0. The third kappa shape index (κ3) is 4.29. The van der Waals surface area contributed by atoms with Crippen molar-refractivity contribution in [1.82, 2.24) is 0 Å². The summed E-state index contributed by atoms with van der Waals surface area (Å²) >= 11 is 0. The minimum atomic E-state index is -0.135. The molecule has 11 rings (SSSR count). The summed E-state index contributed by atoms with van der Waals surface area (Å²) in [5.74, 6) is 0. The van der Waals surface area contributed by atoms with E-state index in [1.807, 2.05) is 12.1 Å². The Morgan fingerprint density at radius 1 is 0.327 bits per heavy atom. The quantitative estimate of drug-likeness (QED) is 0.172. The van der Waals surface area contributed by atoms with E-state index in [2.05, 4.69) is 172 Å². The summed E-state index contributed by atoms with van der Waals surface area (Å²) in [6.45, 7) is 4.75. The summed E-state index contributed by atoms with van der Waals surface area (Å²) in [6.07, 6.45) is 0. The Bertz CT molecular complexity index is 3100. The highest BCUT2D eigenvalue weighted by molar-refractivity contribution is 6.14. The number of fused-ring (bicyclic) bond motifs is 10. The first kappa shape index (κ1) is 29.3. The Hall–Kier alpha value is -6.44. The molecule has 0 aliphatic heterocycles. The van der Waals surface area contributed by atoms with Gasteiger partial charge in [-0.1, -0.05) is 135 Å². The van der Waals surface area contributed by atoms with Gasteiger partial charge in [0.05, 0.1) is 0 Å². The number of para-hydroxylation sites is 1. The molecule has 0 amide bonds. The third-order valence-electron chi connectivity index (χ3n) is 11.6. The number of furan rings is 1. The first-order valence-corrected chi connectivity index (χ1v) is 18.2. The Morgan fingerprint density at radius 3 is 1.63 bits per heavy atom. The highest BCUT2D eigenvalue weighted by atomic mass is 16.3. The predicted octanol–water partition coefficient (Wildman–Crippen LogP) is 14.4. The summed E-state index contributed by atoms with van der Waals surface area (Å²) < 4.78 is 6.12. The van der Waals surface area contributed by atoms with Gasteiger partial charge in [-0.05, 0) is 136 Å². The zero-order valence-corrected chi connectivity index (χ0v) is 29.1. The molecule has 1 heteroatoms. The smallest absolute Gasteiger partial charge is 0.135 e. The summed E-state index contributed by atoms with van der Waals surface area (Å²) in [6, 6.07) is 62.6. The van der Waals surface area contributed by atoms with Gasteiger partial charge in [-0.15, -0.1) is 0 Å². The molecule has 244 valence electrons. The van der Waals surface area contributed by atoms with Gasteiger partial charge >= 0.3 is 0 Å². The largest absolute Gasteiger partial charge is 0.456 e. The van der Waals surface area contributed by atoms with Crippen molar-refractivity contribution in [3.05, 3.63) is 181 Å². The molecule has 1 aliphatic rings. The molecule has 0 saturated carbocycles. The van der Waals surface area contributed by atoms with Crippen LogP contribution in [0.25, 0.3) is 98.8 Å². The molecular formula is C51H34O. The fourth-order valence-electron chi connectivity index (χ4n) is 8.89. The van der Waals surface area contributed by atoms with Crippen molar-refractivity contribution in [2.75, 3.05) is 0 Å². The Morgan fingerprint density at radius 2 is 0.865 bits per heavy atom. The predicted molar refractivity (Wildman–Crippen MR) is 220 cm³/mol. The van der Waals surface area contributed by atoms with E-state index in [1.165, 1.54) is 88.0 Å². The first-order valence-electron chi connectivity index (χ1n) is 18.2. The maximum atomic E-state index is 6.12. The highest BCUT2D eigenvalue weighted by Gasteiger charge is 2.36. The van der Waals surface area contributed by atoms with Gasteiger partial charge in [0, 0.05) is 16.2 Å². The molecule has 1 aromatic heterocycles. The van der Waals surface area contributed by atoms with Gasteiger partial charge < -0.3 is 4.42 Å². The van der Waals surface area contributed by atoms with Crippen molar-refractivity contribution >= 4 is 54.3 Å². The topological polar surface area (TPSA) is 13.1 Å². The van der Waals surface area contributed by atoms with E-state index in [4.69, 9.17) is 4.42 Å². The van der Waals surface area contributed by atoms with Crippen molar-refractivity contribution in [2.45, 2.75) is 19.3 Å². The van der Waals surface area contributed by atoms with Crippen LogP contribution in [-0.4, -0.2) is 0 Å². The van der Waals surface area contributed by atoms with Crippen molar-refractivity contribution < 1.29 is 4.42 Å². The van der Waals surface area contributed by atoms with E-state index in [9.17, 15) is 0 Å². The molecule has 1 nitrogen and oxygen atoms in total. The van der Waals surface area contributed by atoms with Crippen LogP contribution in [-0.2, 0) is 5.41 Å². The molecule has 10 aromatic rings.